The number of aryl methyl sites for hydroxylation is 2. The summed E-state index contributed by atoms with van der Waals surface area (Å²) in [6.07, 6.45) is 0. The Labute approximate surface area is 113 Å². The minimum Gasteiger partial charge on any atom is -0.366 e. The number of nitrogens with one attached hydrogen (secondary N) is 1. The van der Waals surface area contributed by atoms with E-state index in [1.165, 1.54) is 21.3 Å². The average molecular weight is 297 g/mol. The second-order valence-electron chi connectivity index (χ2n) is 5.20. The Bertz CT molecular complexity index is 394. The van der Waals surface area contributed by atoms with Crippen molar-refractivity contribution in [2.45, 2.75) is 39.8 Å². The maximum absolute atomic E-state index is 3.63. The Balaban J connectivity index is 2.32. The smallest absolute Gasteiger partial charge is 0.0387 e. The predicted octanol–water partition coefficient (Wildman–Crippen LogP) is 3.25. The molecule has 1 heterocycles. The summed E-state index contributed by atoms with van der Waals surface area (Å²) < 4.78 is 1.23. The van der Waals surface area contributed by atoms with Gasteiger partial charge in [-0.2, -0.15) is 0 Å². The zero-order valence-electron chi connectivity index (χ0n) is 11.0. The van der Waals surface area contributed by atoms with Crippen LogP contribution in [-0.4, -0.2) is 25.2 Å². The van der Waals surface area contributed by atoms with E-state index in [1.54, 1.807) is 0 Å². The number of rotatable bonds is 1. The van der Waals surface area contributed by atoms with Gasteiger partial charge < -0.3 is 10.2 Å². The summed E-state index contributed by atoms with van der Waals surface area (Å²) in [6.45, 7) is 11.0. The van der Waals surface area contributed by atoms with E-state index in [4.69, 9.17) is 0 Å². The van der Waals surface area contributed by atoms with Gasteiger partial charge in [-0.25, -0.2) is 0 Å². The van der Waals surface area contributed by atoms with Gasteiger partial charge in [-0.15, -0.1) is 0 Å². The monoisotopic (exact) mass is 296 g/mol. The lowest BCUT2D eigenvalue weighted by atomic mass is 10.1. The molecule has 2 nitrogen and oxygen atoms in total. The van der Waals surface area contributed by atoms with Gasteiger partial charge in [0, 0.05) is 35.3 Å². The first kappa shape index (κ1) is 12.9. The SMILES string of the molecule is Cc1cc(N2CC(C)NCC2C)cc(C)c1Br. The van der Waals surface area contributed by atoms with Gasteiger partial charge >= 0.3 is 0 Å². The van der Waals surface area contributed by atoms with Gasteiger partial charge in [-0.3, -0.25) is 0 Å². The van der Waals surface area contributed by atoms with Crippen molar-refractivity contribution in [2.75, 3.05) is 18.0 Å². The van der Waals surface area contributed by atoms with Crippen molar-refractivity contribution in [1.29, 1.82) is 0 Å². The lowest BCUT2D eigenvalue weighted by Gasteiger charge is -2.39. The zero-order chi connectivity index (χ0) is 12.6. The summed E-state index contributed by atoms with van der Waals surface area (Å²) in [5.41, 5.74) is 3.99. The molecule has 0 radical (unpaired) electrons. The van der Waals surface area contributed by atoms with Gasteiger partial charge in [0.25, 0.3) is 0 Å². The van der Waals surface area contributed by atoms with E-state index in [9.17, 15) is 0 Å². The van der Waals surface area contributed by atoms with Crippen molar-refractivity contribution in [2.24, 2.45) is 0 Å². The minimum absolute atomic E-state index is 0.561. The molecule has 1 aliphatic rings. The highest BCUT2D eigenvalue weighted by Crippen LogP contribution is 2.29. The van der Waals surface area contributed by atoms with Gasteiger partial charge in [0.1, 0.15) is 0 Å². The minimum atomic E-state index is 0.561. The van der Waals surface area contributed by atoms with Gasteiger partial charge in [-0.1, -0.05) is 15.9 Å². The van der Waals surface area contributed by atoms with Gasteiger partial charge in [-0.05, 0) is 51.0 Å². The van der Waals surface area contributed by atoms with Crippen LogP contribution in [-0.2, 0) is 0 Å². The Morgan fingerprint density at radius 1 is 1.24 bits per heavy atom. The third-order valence-corrected chi connectivity index (χ3v) is 4.77. The molecule has 2 atom stereocenters. The van der Waals surface area contributed by atoms with Crippen LogP contribution in [0, 0.1) is 13.8 Å². The molecule has 0 saturated carbocycles. The highest BCUT2D eigenvalue weighted by molar-refractivity contribution is 9.10. The third-order valence-electron chi connectivity index (χ3n) is 3.52. The van der Waals surface area contributed by atoms with E-state index in [1.807, 2.05) is 0 Å². The standard InChI is InChI=1S/C14H21BrN2/c1-9-5-13(6-10(2)14(9)15)17-8-11(3)16-7-12(17)4/h5-6,11-12,16H,7-8H2,1-4H3. The van der Waals surface area contributed by atoms with Crippen molar-refractivity contribution in [1.82, 2.24) is 5.32 Å². The fourth-order valence-corrected chi connectivity index (χ4v) is 2.70. The van der Waals surface area contributed by atoms with Gasteiger partial charge in [0.05, 0.1) is 0 Å². The van der Waals surface area contributed by atoms with Crippen molar-refractivity contribution in [3.63, 3.8) is 0 Å². The van der Waals surface area contributed by atoms with Crippen molar-refractivity contribution < 1.29 is 0 Å². The molecule has 1 aromatic carbocycles. The topological polar surface area (TPSA) is 15.3 Å². The molecule has 2 rings (SSSR count). The molecule has 1 fully saturated rings. The van der Waals surface area contributed by atoms with Crippen LogP contribution in [0.3, 0.4) is 0 Å². The summed E-state index contributed by atoms with van der Waals surface area (Å²) in [5, 5.41) is 3.52. The highest BCUT2D eigenvalue weighted by atomic mass is 79.9. The Hall–Kier alpha value is -0.540. The van der Waals surface area contributed by atoms with Crippen LogP contribution >= 0.6 is 15.9 Å². The molecule has 1 saturated heterocycles. The summed E-state index contributed by atoms with van der Waals surface area (Å²) in [6, 6.07) is 5.69. The number of anilines is 1. The average Bonchev–Trinajstić information content (AvgIpc) is 2.28. The summed E-state index contributed by atoms with van der Waals surface area (Å²) in [5.74, 6) is 0. The molecule has 1 N–H and O–H groups in total. The third kappa shape index (κ3) is 2.66. The Kier molecular flexibility index (Phi) is 3.79. The lowest BCUT2D eigenvalue weighted by Crippen LogP contribution is -2.54. The summed E-state index contributed by atoms with van der Waals surface area (Å²) >= 11 is 3.63. The molecule has 3 heteroatoms. The first-order valence-electron chi connectivity index (χ1n) is 6.26. The predicted molar refractivity (Wildman–Crippen MR) is 77.9 cm³/mol. The van der Waals surface area contributed by atoms with E-state index >= 15 is 0 Å². The number of benzene rings is 1. The maximum atomic E-state index is 3.63. The molecule has 17 heavy (non-hydrogen) atoms. The zero-order valence-corrected chi connectivity index (χ0v) is 12.6. The largest absolute Gasteiger partial charge is 0.366 e. The number of halogens is 1. The van der Waals surface area contributed by atoms with Crippen LogP contribution in [0.4, 0.5) is 5.69 Å². The molecule has 2 unspecified atom stereocenters. The fraction of sp³-hybridized carbons (Fsp3) is 0.571. The Morgan fingerprint density at radius 3 is 2.41 bits per heavy atom. The van der Waals surface area contributed by atoms with Crippen LogP contribution in [0.15, 0.2) is 16.6 Å². The normalized spacial score (nSPS) is 25.1. The first-order valence-corrected chi connectivity index (χ1v) is 7.05. The summed E-state index contributed by atoms with van der Waals surface area (Å²) in [4.78, 5) is 2.51. The number of nitrogens with zero attached hydrogens (tertiary/aromatic N) is 1. The maximum Gasteiger partial charge on any atom is 0.0387 e. The molecular formula is C14H21BrN2. The van der Waals surface area contributed by atoms with Gasteiger partial charge in [0.2, 0.25) is 0 Å². The van der Waals surface area contributed by atoms with E-state index in [0.717, 1.165) is 13.1 Å². The first-order chi connectivity index (χ1) is 7.99. The molecule has 1 aromatic rings. The molecule has 0 aromatic heterocycles. The quantitative estimate of drug-likeness (QED) is 0.856. The number of piperazine rings is 1. The van der Waals surface area contributed by atoms with Crippen LogP contribution in [0.1, 0.15) is 25.0 Å². The molecule has 1 aliphatic heterocycles. The Morgan fingerprint density at radius 2 is 1.82 bits per heavy atom. The number of hydrogen-bond acceptors (Lipinski definition) is 2. The van der Waals surface area contributed by atoms with E-state index in [0.29, 0.717) is 12.1 Å². The van der Waals surface area contributed by atoms with Crippen molar-refractivity contribution in [3.8, 4) is 0 Å². The van der Waals surface area contributed by atoms with Gasteiger partial charge in [0.15, 0.2) is 0 Å². The molecular weight excluding hydrogens is 276 g/mol. The van der Waals surface area contributed by atoms with Crippen molar-refractivity contribution >= 4 is 21.6 Å². The van der Waals surface area contributed by atoms with Crippen LogP contribution in [0.5, 0.6) is 0 Å². The number of hydrogen-bond donors (Lipinski definition) is 1. The molecule has 0 spiro atoms. The second kappa shape index (κ2) is 4.99. The van der Waals surface area contributed by atoms with Crippen LogP contribution < -0.4 is 10.2 Å². The van der Waals surface area contributed by atoms with E-state index in [2.05, 4.69) is 66.0 Å². The molecule has 94 valence electrons. The molecule has 0 aliphatic carbocycles. The van der Waals surface area contributed by atoms with E-state index < -0.39 is 0 Å². The molecule has 0 amide bonds. The highest BCUT2D eigenvalue weighted by Gasteiger charge is 2.23. The second-order valence-corrected chi connectivity index (χ2v) is 6.00. The molecule has 0 bridgehead atoms. The summed E-state index contributed by atoms with van der Waals surface area (Å²) in [7, 11) is 0. The lowest BCUT2D eigenvalue weighted by molar-refractivity contribution is 0.425. The van der Waals surface area contributed by atoms with Crippen LogP contribution in [0.2, 0.25) is 0 Å². The fourth-order valence-electron chi connectivity index (χ4n) is 2.47. The van der Waals surface area contributed by atoms with Crippen LogP contribution in [0.25, 0.3) is 0 Å². The van der Waals surface area contributed by atoms with E-state index in [-0.39, 0.29) is 0 Å². The van der Waals surface area contributed by atoms with Crippen molar-refractivity contribution in [3.05, 3.63) is 27.7 Å².